The highest BCUT2D eigenvalue weighted by Gasteiger charge is 2.20. The van der Waals surface area contributed by atoms with Crippen LogP contribution in [0, 0.1) is 5.92 Å². The summed E-state index contributed by atoms with van der Waals surface area (Å²) in [6, 6.07) is 10.8. The molecule has 1 fully saturated rings. The molecule has 0 atom stereocenters. The van der Waals surface area contributed by atoms with Gasteiger partial charge in [0.05, 0.1) is 5.56 Å². The van der Waals surface area contributed by atoms with Crippen molar-refractivity contribution in [2.24, 2.45) is 5.92 Å². The van der Waals surface area contributed by atoms with E-state index in [0.717, 1.165) is 30.2 Å². The van der Waals surface area contributed by atoms with Gasteiger partial charge in [-0.15, -0.1) is 0 Å². The number of hydrogen-bond donors (Lipinski definition) is 2. The molecule has 0 unspecified atom stereocenters. The second-order valence-electron chi connectivity index (χ2n) is 6.83. The van der Waals surface area contributed by atoms with E-state index in [0.29, 0.717) is 30.3 Å². The minimum Gasteiger partial charge on any atom is -0.439 e. The molecule has 28 heavy (non-hydrogen) atoms. The fourth-order valence-electron chi connectivity index (χ4n) is 3.20. The number of pyridine rings is 1. The van der Waals surface area contributed by atoms with Crippen LogP contribution in [0.1, 0.15) is 42.5 Å². The van der Waals surface area contributed by atoms with Gasteiger partial charge in [0.15, 0.2) is 0 Å². The Hall–Kier alpha value is -2.41. The normalized spacial score (nSPS) is 14.3. The van der Waals surface area contributed by atoms with Crippen LogP contribution in [0.3, 0.4) is 0 Å². The maximum absolute atomic E-state index is 12.2. The van der Waals surface area contributed by atoms with Gasteiger partial charge in [-0.2, -0.15) is 0 Å². The average molecular weight is 446 g/mol. The third kappa shape index (κ3) is 6.05. The van der Waals surface area contributed by atoms with Crippen molar-refractivity contribution >= 4 is 27.7 Å². The van der Waals surface area contributed by atoms with Gasteiger partial charge in [0.25, 0.3) is 5.91 Å². The van der Waals surface area contributed by atoms with E-state index >= 15 is 0 Å². The molecule has 6 nitrogen and oxygen atoms in total. The molecule has 148 valence electrons. The van der Waals surface area contributed by atoms with Crippen LogP contribution in [0.25, 0.3) is 0 Å². The molecule has 1 aromatic heterocycles. The number of nitrogens with zero attached hydrogens (tertiary/aromatic N) is 1. The highest BCUT2D eigenvalue weighted by molar-refractivity contribution is 9.10. The first kappa shape index (κ1) is 20.3. The lowest BCUT2D eigenvalue weighted by Crippen LogP contribution is -2.38. The van der Waals surface area contributed by atoms with Crippen molar-refractivity contribution < 1.29 is 14.3 Å². The number of carbonyl (C=O) groups is 2. The molecule has 0 saturated heterocycles. The Morgan fingerprint density at radius 1 is 1.07 bits per heavy atom. The Bertz CT molecular complexity index is 805. The molecule has 0 aliphatic heterocycles. The summed E-state index contributed by atoms with van der Waals surface area (Å²) in [4.78, 5) is 28.4. The molecule has 1 aliphatic rings. The molecule has 0 bridgehead atoms. The molecule has 1 heterocycles. The molecule has 2 N–H and O–H groups in total. The van der Waals surface area contributed by atoms with Crippen LogP contribution in [0.4, 0.5) is 0 Å². The highest BCUT2D eigenvalue weighted by atomic mass is 79.9. The summed E-state index contributed by atoms with van der Waals surface area (Å²) in [5.74, 6) is 1.08. The monoisotopic (exact) mass is 445 g/mol. The first-order valence-corrected chi connectivity index (χ1v) is 10.4. The SMILES string of the molecule is O=C(NCCNC(=O)C1CCCCC1)c1ccc(Oc2cccc(Br)c2)nc1. The number of aromatic nitrogens is 1. The van der Waals surface area contributed by atoms with Gasteiger partial charge in [-0.1, -0.05) is 41.3 Å². The van der Waals surface area contributed by atoms with Gasteiger partial charge in [0.1, 0.15) is 5.75 Å². The van der Waals surface area contributed by atoms with Crippen molar-refractivity contribution in [3.05, 3.63) is 52.6 Å². The van der Waals surface area contributed by atoms with Gasteiger partial charge in [-0.25, -0.2) is 4.98 Å². The minimum absolute atomic E-state index is 0.102. The van der Waals surface area contributed by atoms with Gasteiger partial charge in [0, 0.05) is 35.7 Å². The third-order valence-corrected chi connectivity index (χ3v) is 5.20. The minimum atomic E-state index is -0.228. The predicted octanol–water partition coefficient (Wildman–Crippen LogP) is 4.06. The van der Waals surface area contributed by atoms with Crippen LogP contribution < -0.4 is 15.4 Å². The maximum atomic E-state index is 12.2. The smallest absolute Gasteiger partial charge is 0.252 e. The Kier molecular flexibility index (Phi) is 7.42. The van der Waals surface area contributed by atoms with Gasteiger partial charge in [0.2, 0.25) is 11.8 Å². The van der Waals surface area contributed by atoms with Crippen molar-refractivity contribution in [1.82, 2.24) is 15.6 Å². The van der Waals surface area contributed by atoms with Gasteiger partial charge in [-0.3, -0.25) is 9.59 Å². The summed E-state index contributed by atoms with van der Waals surface area (Å²) in [5, 5.41) is 5.70. The fraction of sp³-hybridized carbons (Fsp3) is 0.381. The van der Waals surface area contributed by atoms with Gasteiger partial charge in [-0.05, 0) is 37.1 Å². The molecule has 3 rings (SSSR count). The molecule has 2 amide bonds. The summed E-state index contributed by atoms with van der Waals surface area (Å²) in [5.41, 5.74) is 0.445. The van der Waals surface area contributed by atoms with Crippen molar-refractivity contribution in [3.8, 4) is 11.6 Å². The molecule has 2 aromatic rings. The first-order valence-electron chi connectivity index (χ1n) is 9.57. The van der Waals surface area contributed by atoms with Crippen LogP contribution in [0.2, 0.25) is 0 Å². The van der Waals surface area contributed by atoms with Crippen LogP contribution in [-0.4, -0.2) is 29.9 Å². The van der Waals surface area contributed by atoms with Crippen LogP contribution in [0.15, 0.2) is 47.1 Å². The molecule has 1 aliphatic carbocycles. The maximum Gasteiger partial charge on any atom is 0.252 e. The number of benzene rings is 1. The van der Waals surface area contributed by atoms with Gasteiger partial charge < -0.3 is 15.4 Å². The lowest BCUT2D eigenvalue weighted by molar-refractivity contribution is -0.125. The number of rotatable bonds is 7. The van der Waals surface area contributed by atoms with Crippen molar-refractivity contribution in [2.75, 3.05) is 13.1 Å². The summed E-state index contributed by atoms with van der Waals surface area (Å²) in [6.45, 7) is 0.812. The lowest BCUT2D eigenvalue weighted by Gasteiger charge is -2.20. The molecule has 7 heteroatoms. The van der Waals surface area contributed by atoms with Crippen LogP contribution in [-0.2, 0) is 4.79 Å². The third-order valence-electron chi connectivity index (χ3n) is 4.70. The van der Waals surface area contributed by atoms with E-state index in [1.165, 1.54) is 12.6 Å². The van der Waals surface area contributed by atoms with Crippen molar-refractivity contribution in [1.29, 1.82) is 0 Å². The van der Waals surface area contributed by atoms with Gasteiger partial charge >= 0.3 is 0 Å². The second kappa shape index (κ2) is 10.2. The molecule has 0 radical (unpaired) electrons. The molecule has 1 saturated carbocycles. The van der Waals surface area contributed by atoms with E-state index in [4.69, 9.17) is 4.74 Å². The number of amides is 2. The Balaban J connectivity index is 1.41. The van der Waals surface area contributed by atoms with E-state index in [-0.39, 0.29) is 17.7 Å². The first-order chi connectivity index (χ1) is 13.6. The van der Waals surface area contributed by atoms with E-state index in [1.807, 2.05) is 24.3 Å². The van der Waals surface area contributed by atoms with Crippen LogP contribution >= 0.6 is 15.9 Å². The number of hydrogen-bond acceptors (Lipinski definition) is 4. The summed E-state index contributed by atoms with van der Waals surface area (Å²) >= 11 is 3.39. The predicted molar refractivity (Wildman–Crippen MR) is 110 cm³/mol. The van der Waals surface area contributed by atoms with E-state index in [2.05, 4.69) is 31.5 Å². The lowest BCUT2D eigenvalue weighted by atomic mass is 9.89. The van der Waals surface area contributed by atoms with E-state index < -0.39 is 0 Å². The molecular formula is C21H24BrN3O3. The Labute approximate surface area is 173 Å². The Morgan fingerprint density at radius 3 is 2.57 bits per heavy atom. The largest absolute Gasteiger partial charge is 0.439 e. The molecular weight excluding hydrogens is 422 g/mol. The number of halogens is 1. The summed E-state index contributed by atoms with van der Waals surface area (Å²) in [6.07, 6.45) is 6.90. The quantitative estimate of drug-likeness (QED) is 0.629. The topological polar surface area (TPSA) is 80.3 Å². The van der Waals surface area contributed by atoms with Crippen LogP contribution in [0.5, 0.6) is 11.6 Å². The highest BCUT2D eigenvalue weighted by Crippen LogP contribution is 2.24. The number of nitrogens with one attached hydrogen (secondary N) is 2. The molecule has 0 spiro atoms. The van der Waals surface area contributed by atoms with Crippen molar-refractivity contribution in [2.45, 2.75) is 32.1 Å². The zero-order valence-corrected chi connectivity index (χ0v) is 17.2. The second-order valence-corrected chi connectivity index (χ2v) is 7.74. The Morgan fingerprint density at radius 2 is 1.86 bits per heavy atom. The number of carbonyl (C=O) groups excluding carboxylic acids is 2. The summed E-state index contributed by atoms with van der Waals surface area (Å²) in [7, 11) is 0. The fourth-order valence-corrected chi connectivity index (χ4v) is 3.58. The average Bonchev–Trinajstić information content (AvgIpc) is 2.72. The van der Waals surface area contributed by atoms with E-state index in [9.17, 15) is 9.59 Å². The number of ether oxygens (including phenoxy) is 1. The summed E-state index contributed by atoms with van der Waals surface area (Å²) < 4.78 is 6.57. The standard InChI is InChI=1S/C21H24BrN3O3/c22-17-7-4-8-18(13-17)28-19-10-9-16(14-25-19)21(27)24-12-11-23-20(26)15-5-2-1-3-6-15/h4,7-10,13-15H,1-3,5-6,11-12H2,(H,23,26)(H,24,27). The zero-order chi connectivity index (χ0) is 19.8. The van der Waals surface area contributed by atoms with Crippen molar-refractivity contribution in [3.63, 3.8) is 0 Å². The molecule has 1 aromatic carbocycles. The van der Waals surface area contributed by atoms with E-state index in [1.54, 1.807) is 12.1 Å². The zero-order valence-electron chi connectivity index (χ0n) is 15.6.